The van der Waals surface area contributed by atoms with Crippen LogP contribution in [0.2, 0.25) is 0 Å². The van der Waals surface area contributed by atoms with E-state index in [1.165, 1.54) is 56.4 Å². The lowest BCUT2D eigenvalue weighted by molar-refractivity contribution is 0.206. The molecule has 1 aliphatic carbocycles. The van der Waals surface area contributed by atoms with Crippen LogP contribution in [0.5, 0.6) is 0 Å². The van der Waals surface area contributed by atoms with Crippen LogP contribution in [0.4, 0.5) is 0 Å². The lowest BCUT2D eigenvalue weighted by Crippen LogP contribution is -2.49. The van der Waals surface area contributed by atoms with Gasteiger partial charge in [0.1, 0.15) is 0 Å². The Kier molecular flexibility index (Phi) is 6.58. The predicted molar refractivity (Wildman–Crippen MR) is 111 cm³/mol. The molecule has 4 nitrogen and oxygen atoms in total. The Balaban J connectivity index is 1.45. The van der Waals surface area contributed by atoms with Gasteiger partial charge < -0.3 is 15.5 Å². The van der Waals surface area contributed by atoms with Crippen molar-refractivity contribution < 1.29 is 0 Å². The van der Waals surface area contributed by atoms with Crippen molar-refractivity contribution in [2.45, 2.75) is 70.4 Å². The van der Waals surface area contributed by atoms with E-state index in [1.807, 2.05) is 7.05 Å². The van der Waals surface area contributed by atoms with Crippen molar-refractivity contribution in [2.75, 3.05) is 26.7 Å². The number of hydrogen-bond donors (Lipinski definition) is 2. The van der Waals surface area contributed by atoms with Crippen molar-refractivity contribution in [3.8, 4) is 0 Å². The average Bonchev–Trinajstić information content (AvgIpc) is 3.42. The van der Waals surface area contributed by atoms with Gasteiger partial charge in [-0.25, -0.2) is 0 Å². The van der Waals surface area contributed by atoms with Crippen molar-refractivity contribution in [3.05, 3.63) is 35.4 Å². The molecular formula is C22H36N4. The fourth-order valence-corrected chi connectivity index (χ4v) is 4.01. The Hall–Kier alpha value is -1.55. The highest BCUT2D eigenvalue weighted by atomic mass is 15.2. The summed E-state index contributed by atoms with van der Waals surface area (Å²) in [6.45, 7) is 10.4. The van der Waals surface area contributed by atoms with Crippen LogP contribution in [0.15, 0.2) is 29.3 Å². The minimum atomic E-state index is 0.520. The third-order valence-electron chi connectivity index (χ3n) is 5.84. The number of guanidine groups is 1. The Labute approximate surface area is 159 Å². The molecule has 2 unspecified atom stereocenters. The molecule has 0 aromatic heterocycles. The average molecular weight is 357 g/mol. The maximum Gasteiger partial charge on any atom is 0.191 e. The molecular weight excluding hydrogens is 320 g/mol. The normalized spacial score (nSPS) is 24.7. The Bertz CT molecular complexity index is 585. The molecule has 0 radical (unpaired) electrons. The summed E-state index contributed by atoms with van der Waals surface area (Å²) in [5, 5.41) is 7.28. The number of benzene rings is 1. The van der Waals surface area contributed by atoms with E-state index in [0.717, 1.165) is 5.96 Å². The van der Waals surface area contributed by atoms with Gasteiger partial charge in [-0.05, 0) is 49.3 Å². The van der Waals surface area contributed by atoms with E-state index in [9.17, 15) is 0 Å². The number of nitrogens with one attached hydrogen (secondary N) is 2. The van der Waals surface area contributed by atoms with Crippen molar-refractivity contribution in [2.24, 2.45) is 4.99 Å². The number of piperidine rings is 1. The number of hydrogen-bond acceptors (Lipinski definition) is 2. The summed E-state index contributed by atoms with van der Waals surface area (Å²) < 4.78 is 0. The molecule has 26 heavy (non-hydrogen) atoms. The van der Waals surface area contributed by atoms with Crippen LogP contribution in [-0.4, -0.2) is 49.6 Å². The van der Waals surface area contributed by atoms with E-state index >= 15 is 0 Å². The summed E-state index contributed by atoms with van der Waals surface area (Å²) in [6, 6.07) is 10.3. The first-order chi connectivity index (χ1) is 12.6. The van der Waals surface area contributed by atoms with Gasteiger partial charge in [0.15, 0.2) is 5.96 Å². The standard InChI is InChI=1S/C22H36N4/c1-5-12-26-13-10-19(11-14-26)24-22(23-4)25-21-15-20(21)18-8-6-17(7-9-18)16(2)3/h6-9,16,19-21H,5,10-15H2,1-4H3,(H2,23,24,25). The van der Waals surface area contributed by atoms with Gasteiger partial charge in [0.05, 0.1) is 0 Å². The van der Waals surface area contributed by atoms with E-state index in [-0.39, 0.29) is 0 Å². The minimum absolute atomic E-state index is 0.520. The second kappa shape index (κ2) is 8.90. The van der Waals surface area contributed by atoms with Gasteiger partial charge in [0.2, 0.25) is 0 Å². The molecule has 0 amide bonds. The molecule has 1 aromatic rings. The highest BCUT2D eigenvalue weighted by molar-refractivity contribution is 5.80. The molecule has 2 fully saturated rings. The number of rotatable bonds is 6. The van der Waals surface area contributed by atoms with Crippen LogP contribution < -0.4 is 10.6 Å². The predicted octanol–water partition coefficient (Wildman–Crippen LogP) is 3.71. The number of nitrogens with zero attached hydrogens (tertiary/aromatic N) is 2. The van der Waals surface area contributed by atoms with Crippen molar-refractivity contribution in [3.63, 3.8) is 0 Å². The zero-order chi connectivity index (χ0) is 18.5. The summed E-state index contributed by atoms with van der Waals surface area (Å²) in [5.41, 5.74) is 2.88. The molecule has 4 heteroatoms. The van der Waals surface area contributed by atoms with Gasteiger partial charge in [0, 0.05) is 38.1 Å². The van der Waals surface area contributed by atoms with Gasteiger partial charge in [-0.2, -0.15) is 0 Å². The number of likely N-dealkylation sites (tertiary alicyclic amines) is 1. The van der Waals surface area contributed by atoms with E-state index in [1.54, 1.807) is 0 Å². The lowest BCUT2D eigenvalue weighted by Gasteiger charge is -2.32. The van der Waals surface area contributed by atoms with Crippen LogP contribution >= 0.6 is 0 Å². The van der Waals surface area contributed by atoms with E-state index in [0.29, 0.717) is 23.9 Å². The SMILES string of the molecule is CCCN1CCC(NC(=NC)NC2CC2c2ccc(C(C)C)cc2)CC1. The fourth-order valence-electron chi connectivity index (χ4n) is 4.01. The molecule has 1 aliphatic heterocycles. The minimum Gasteiger partial charge on any atom is -0.354 e. The van der Waals surface area contributed by atoms with Crippen molar-refractivity contribution in [1.29, 1.82) is 0 Å². The smallest absolute Gasteiger partial charge is 0.191 e. The second-order valence-electron chi connectivity index (χ2n) is 8.25. The van der Waals surface area contributed by atoms with Crippen LogP contribution in [0, 0.1) is 0 Å². The lowest BCUT2D eigenvalue weighted by atomic mass is 10.0. The molecule has 2 aliphatic rings. The Morgan fingerprint density at radius 1 is 1.15 bits per heavy atom. The Morgan fingerprint density at radius 2 is 1.85 bits per heavy atom. The van der Waals surface area contributed by atoms with Crippen LogP contribution in [0.3, 0.4) is 0 Å². The van der Waals surface area contributed by atoms with Gasteiger partial charge in [-0.3, -0.25) is 4.99 Å². The van der Waals surface area contributed by atoms with Gasteiger partial charge in [-0.1, -0.05) is 45.0 Å². The highest BCUT2D eigenvalue weighted by Gasteiger charge is 2.39. The highest BCUT2D eigenvalue weighted by Crippen LogP contribution is 2.41. The number of aliphatic imine (C=N–C) groups is 1. The van der Waals surface area contributed by atoms with E-state index in [4.69, 9.17) is 0 Å². The Morgan fingerprint density at radius 3 is 2.42 bits per heavy atom. The van der Waals surface area contributed by atoms with Gasteiger partial charge in [-0.15, -0.1) is 0 Å². The fraction of sp³-hybridized carbons (Fsp3) is 0.682. The van der Waals surface area contributed by atoms with Crippen LogP contribution in [0.1, 0.15) is 69.4 Å². The monoisotopic (exact) mass is 356 g/mol. The largest absolute Gasteiger partial charge is 0.354 e. The second-order valence-corrected chi connectivity index (χ2v) is 8.25. The van der Waals surface area contributed by atoms with E-state index < -0.39 is 0 Å². The molecule has 1 saturated heterocycles. The molecule has 144 valence electrons. The first kappa shape index (κ1) is 19.2. The zero-order valence-corrected chi connectivity index (χ0v) is 17.0. The quantitative estimate of drug-likeness (QED) is 0.603. The van der Waals surface area contributed by atoms with E-state index in [2.05, 4.69) is 65.6 Å². The first-order valence-corrected chi connectivity index (χ1v) is 10.4. The van der Waals surface area contributed by atoms with Crippen molar-refractivity contribution >= 4 is 5.96 Å². The van der Waals surface area contributed by atoms with Crippen LogP contribution in [0.25, 0.3) is 0 Å². The molecule has 2 N–H and O–H groups in total. The third kappa shape index (κ3) is 5.00. The summed E-state index contributed by atoms with van der Waals surface area (Å²) in [7, 11) is 1.89. The maximum absolute atomic E-state index is 4.46. The van der Waals surface area contributed by atoms with Crippen LogP contribution in [-0.2, 0) is 0 Å². The summed E-state index contributed by atoms with van der Waals surface area (Å²) >= 11 is 0. The van der Waals surface area contributed by atoms with Crippen molar-refractivity contribution in [1.82, 2.24) is 15.5 Å². The first-order valence-electron chi connectivity index (χ1n) is 10.4. The van der Waals surface area contributed by atoms with Gasteiger partial charge >= 0.3 is 0 Å². The molecule has 1 aromatic carbocycles. The zero-order valence-electron chi connectivity index (χ0n) is 17.0. The maximum atomic E-state index is 4.46. The molecule has 2 atom stereocenters. The molecule has 1 heterocycles. The molecule has 0 spiro atoms. The third-order valence-corrected chi connectivity index (χ3v) is 5.84. The summed E-state index contributed by atoms with van der Waals surface area (Å²) in [4.78, 5) is 7.04. The summed E-state index contributed by atoms with van der Waals surface area (Å²) in [6.07, 6.45) is 4.89. The topological polar surface area (TPSA) is 39.7 Å². The molecule has 0 bridgehead atoms. The van der Waals surface area contributed by atoms with Gasteiger partial charge in [0.25, 0.3) is 0 Å². The molecule has 1 saturated carbocycles. The summed E-state index contributed by atoms with van der Waals surface area (Å²) in [5.74, 6) is 2.20. The molecule has 3 rings (SSSR count).